The van der Waals surface area contributed by atoms with Crippen LogP contribution in [0.4, 0.5) is 4.39 Å². The van der Waals surface area contributed by atoms with E-state index in [4.69, 9.17) is 9.47 Å². The van der Waals surface area contributed by atoms with Crippen molar-refractivity contribution in [3.63, 3.8) is 0 Å². The lowest BCUT2D eigenvalue weighted by atomic mass is 10.1. The predicted molar refractivity (Wildman–Crippen MR) is 111 cm³/mol. The Kier molecular flexibility index (Phi) is 7.61. The van der Waals surface area contributed by atoms with Gasteiger partial charge in [0, 0.05) is 25.2 Å². The number of hydrogen-bond donors (Lipinski definition) is 1. The fourth-order valence-electron chi connectivity index (χ4n) is 3.10. The largest absolute Gasteiger partial charge is 0.497 e. The van der Waals surface area contributed by atoms with E-state index in [9.17, 15) is 9.50 Å². The van der Waals surface area contributed by atoms with Crippen LogP contribution in [0.3, 0.4) is 0 Å². The van der Waals surface area contributed by atoms with Gasteiger partial charge in [-0.1, -0.05) is 48.5 Å². The molecule has 29 heavy (non-hydrogen) atoms. The molecule has 3 aromatic carbocycles. The lowest BCUT2D eigenvalue weighted by Gasteiger charge is -2.25. The highest BCUT2D eigenvalue weighted by atomic mass is 19.1. The van der Waals surface area contributed by atoms with E-state index in [1.807, 2.05) is 65.6 Å². The van der Waals surface area contributed by atoms with Crippen molar-refractivity contribution in [2.75, 3.05) is 20.3 Å². The van der Waals surface area contributed by atoms with E-state index in [1.54, 1.807) is 19.2 Å². The molecular formula is C24H26FNO3. The third-order valence-corrected chi connectivity index (χ3v) is 4.57. The van der Waals surface area contributed by atoms with Crippen molar-refractivity contribution in [2.45, 2.75) is 19.2 Å². The maximum absolute atomic E-state index is 14.2. The van der Waals surface area contributed by atoms with Crippen molar-refractivity contribution in [2.24, 2.45) is 0 Å². The topological polar surface area (TPSA) is 41.9 Å². The van der Waals surface area contributed by atoms with E-state index in [0.717, 1.165) is 11.3 Å². The first-order valence-corrected chi connectivity index (χ1v) is 9.58. The van der Waals surface area contributed by atoms with Gasteiger partial charge in [-0.15, -0.1) is 0 Å². The van der Waals surface area contributed by atoms with E-state index in [-0.39, 0.29) is 12.4 Å². The normalized spacial score (nSPS) is 12.0. The Morgan fingerprint density at radius 3 is 2.24 bits per heavy atom. The minimum Gasteiger partial charge on any atom is -0.497 e. The van der Waals surface area contributed by atoms with E-state index in [1.165, 1.54) is 6.07 Å². The van der Waals surface area contributed by atoms with Crippen LogP contribution in [0.1, 0.15) is 11.1 Å². The second-order valence-electron chi connectivity index (χ2n) is 6.89. The maximum Gasteiger partial charge on any atom is 0.127 e. The first kappa shape index (κ1) is 20.8. The van der Waals surface area contributed by atoms with Gasteiger partial charge in [-0.25, -0.2) is 4.39 Å². The minimum absolute atomic E-state index is 0.167. The molecule has 0 aliphatic carbocycles. The summed E-state index contributed by atoms with van der Waals surface area (Å²) >= 11 is 0. The SMILES string of the molecule is COc1ccc(CN(Cc2ccccc2F)C[C@@H](O)COc2ccccc2)cc1. The van der Waals surface area contributed by atoms with Gasteiger partial charge in [-0.3, -0.25) is 4.90 Å². The number of aliphatic hydroxyl groups is 1. The van der Waals surface area contributed by atoms with Gasteiger partial charge in [0.05, 0.1) is 7.11 Å². The van der Waals surface area contributed by atoms with Crippen LogP contribution < -0.4 is 9.47 Å². The van der Waals surface area contributed by atoms with Crippen LogP contribution in [0, 0.1) is 5.82 Å². The average molecular weight is 395 g/mol. The van der Waals surface area contributed by atoms with Crippen LogP contribution in [0.2, 0.25) is 0 Å². The number of rotatable bonds is 10. The van der Waals surface area contributed by atoms with Gasteiger partial charge in [0.15, 0.2) is 0 Å². The number of nitrogens with zero attached hydrogens (tertiary/aromatic N) is 1. The van der Waals surface area contributed by atoms with E-state index < -0.39 is 6.10 Å². The summed E-state index contributed by atoms with van der Waals surface area (Å²) in [7, 11) is 1.63. The molecule has 0 amide bonds. The maximum atomic E-state index is 14.2. The van der Waals surface area contributed by atoms with Crippen molar-refractivity contribution in [1.29, 1.82) is 0 Å². The molecule has 0 spiro atoms. The molecule has 0 bridgehead atoms. The quantitative estimate of drug-likeness (QED) is 0.557. The second-order valence-corrected chi connectivity index (χ2v) is 6.89. The highest BCUT2D eigenvalue weighted by molar-refractivity contribution is 5.27. The van der Waals surface area contributed by atoms with Crippen molar-refractivity contribution >= 4 is 0 Å². The van der Waals surface area contributed by atoms with Gasteiger partial charge in [-0.2, -0.15) is 0 Å². The minimum atomic E-state index is -0.708. The van der Waals surface area contributed by atoms with E-state index in [2.05, 4.69) is 0 Å². The number of hydrogen-bond acceptors (Lipinski definition) is 4. The van der Waals surface area contributed by atoms with Gasteiger partial charge in [0.2, 0.25) is 0 Å². The predicted octanol–water partition coefficient (Wildman–Crippen LogP) is 4.28. The lowest BCUT2D eigenvalue weighted by Crippen LogP contribution is -2.35. The Morgan fingerprint density at radius 1 is 0.862 bits per heavy atom. The Hall–Kier alpha value is -2.89. The highest BCUT2D eigenvalue weighted by Crippen LogP contribution is 2.17. The highest BCUT2D eigenvalue weighted by Gasteiger charge is 2.15. The van der Waals surface area contributed by atoms with Crippen LogP contribution >= 0.6 is 0 Å². The fraction of sp³-hybridized carbons (Fsp3) is 0.250. The Balaban J connectivity index is 1.66. The molecular weight excluding hydrogens is 369 g/mol. The molecule has 152 valence electrons. The second kappa shape index (κ2) is 10.6. The van der Waals surface area contributed by atoms with Crippen molar-refractivity contribution < 1.29 is 19.0 Å². The third-order valence-electron chi connectivity index (χ3n) is 4.57. The summed E-state index contributed by atoms with van der Waals surface area (Å²) < 4.78 is 25.0. The number of methoxy groups -OCH3 is 1. The molecule has 0 aliphatic rings. The zero-order chi connectivity index (χ0) is 20.5. The monoisotopic (exact) mass is 395 g/mol. The summed E-state index contributed by atoms with van der Waals surface area (Å²) in [4.78, 5) is 2.01. The third kappa shape index (κ3) is 6.59. The van der Waals surface area contributed by atoms with Crippen LogP contribution in [0.25, 0.3) is 0 Å². The molecule has 5 heteroatoms. The van der Waals surface area contributed by atoms with Crippen LogP contribution in [0.15, 0.2) is 78.9 Å². The number of para-hydroxylation sites is 1. The van der Waals surface area contributed by atoms with Gasteiger partial charge in [0.25, 0.3) is 0 Å². The standard InChI is InChI=1S/C24H26FNO3/c1-28-22-13-11-19(12-14-22)15-26(16-20-7-5-6-10-24(20)25)17-21(27)18-29-23-8-3-2-4-9-23/h2-14,21,27H,15-18H2,1H3/t21-/m1/s1. The molecule has 3 rings (SSSR count). The van der Waals surface area contributed by atoms with Crippen molar-refractivity contribution in [3.05, 3.63) is 95.8 Å². The van der Waals surface area contributed by atoms with E-state index >= 15 is 0 Å². The molecule has 0 heterocycles. The Morgan fingerprint density at radius 2 is 1.55 bits per heavy atom. The molecule has 0 fully saturated rings. The zero-order valence-electron chi connectivity index (χ0n) is 16.5. The smallest absolute Gasteiger partial charge is 0.127 e. The number of aliphatic hydroxyl groups excluding tert-OH is 1. The summed E-state index contributed by atoms with van der Waals surface area (Å²) in [6.45, 7) is 1.48. The molecule has 0 radical (unpaired) electrons. The van der Waals surface area contributed by atoms with Crippen LogP contribution in [-0.2, 0) is 13.1 Å². The summed E-state index contributed by atoms with van der Waals surface area (Å²) in [6, 6.07) is 23.8. The number of halogens is 1. The van der Waals surface area contributed by atoms with Crippen molar-refractivity contribution in [3.8, 4) is 11.5 Å². The molecule has 1 atom stereocenters. The molecule has 4 nitrogen and oxygen atoms in total. The van der Waals surface area contributed by atoms with Crippen LogP contribution in [0.5, 0.6) is 11.5 Å². The molecule has 0 aliphatic heterocycles. The van der Waals surface area contributed by atoms with E-state index in [0.29, 0.717) is 30.9 Å². The molecule has 0 saturated heterocycles. The molecule has 0 saturated carbocycles. The zero-order valence-corrected chi connectivity index (χ0v) is 16.5. The van der Waals surface area contributed by atoms with Gasteiger partial charge >= 0.3 is 0 Å². The fourth-order valence-corrected chi connectivity index (χ4v) is 3.10. The number of benzene rings is 3. The number of ether oxygens (including phenoxy) is 2. The Labute approximate surface area is 171 Å². The van der Waals surface area contributed by atoms with Crippen molar-refractivity contribution in [1.82, 2.24) is 4.90 Å². The average Bonchev–Trinajstić information content (AvgIpc) is 2.75. The van der Waals surface area contributed by atoms with Gasteiger partial charge in [0.1, 0.15) is 30.0 Å². The summed E-state index contributed by atoms with van der Waals surface area (Å²) in [6.07, 6.45) is -0.708. The first-order chi connectivity index (χ1) is 14.1. The van der Waals surface area contributed by atoms with Gasteiger partial charge in [-0.05, 0) is 35.9 Å². The van der Waals surface area contributed by atoms with Gasteiger partial charge < -0.3 is 14.6 Å². The summed E-state index contributed by atoms with van der Waals surface area (Å²) in [5, 5.41) is 10.5. The first-order valence-electron chi connectivity index (χ1n) is 9.58. The molecule has 1 N–H and O–H groups in total. The summed E-state index contributed by atoms with van der Waals surface area (Å²) in [5.74, 6) is 1.25. The molecule has 0 unspecified atom stereocenters. The molecule has 0 aromatic heterocycles. The molecule has 3 aromatic rings. The summed E-state index contributed by atoms with van der Waals surface area (Å²) in [5.41, 5.74) is 1.65. The Bertz CT molecular complexity index is 871. The van der Waals surface area contributed by atoms with Crippen LogP contribution in [-0.4, -0.2) is 36.4 Å². The lowest BCUT2D eigenvalue weighted by molar-refractivity contribution is 0.0624.